The van der Waals surface area contributed by atoms with Crippen molar-refractivity contribution in [3.05, 3.63) is 24.2 Å². The number of carbonyl (C=O) groups excluding carboxylic acids is 1. The number of nitrogens with zero attached hydrogens (tertiary/aromatic N) is 2. The normalized spacial score (nSPS) is 12.3. The maximum atomic E-state index is 11.1. The molecule has 0 spiro atoms. The third kappa shape index (κ3) is 3.84. The van der Waals surface area contributed by atoms with Crippen molar-refractivity contribution in [2.75, 3.05) is 12.9 Å². The van der Waals surface area contributed by atoms with Gasteiger partial charge in [0.05, 0.1) is 19.1 Å². The Bertz CT molecular complexity index is 541. The summed E-state index contributed by atoms with van der Waals surface area (Å²) in [5, 5.41) is 3.85. The number of carbonyl (C=O) groups is 1. The Morgan fingerprint density at radius 1 is 1.60 bits per heavy atom. The second-order valence-corrected chi connectivity index (χ2v) is 5.07. The van der Waals surface area contributed by atoms with Gasteiger partial charge in [-0.1, -0.05) is 5.16 Å². The van der Waals surface area contributed by atoms with E-state index in [2.05, 4.69) is 14.9 Å². The fraction of sp³-hybridized carbons (Fsp3) is 0.417. The molecular formula is C12H15N3O4S. The second-order valence-electron chi connectivity index (χ2n) is 3.96. The van der Waals surface area contributed by atoms with Crippen molar-refractivity contribution in [1.29, 1.82) is 0 Å². The first-order valence-corrected chi connectivity index (χ1v) is 7.14. The van der Waals surface area contributed by atoms with Gasteiger partial charge in [0.15, 0.2) is 11.6 Å². The van der Waals surface area contributed by atoms with E-state index in [0.29, 0.717) is 35.4 Å². The summed E-state index contributed by atoms with van der Waals surface area (Å²) in [5.41, 5.74) is 5.63. The topological polar surface area (TPSA) is 104 Å². The summed E-state index contributed by atoms with van der Waals surface area (Å²) in [7, 11) is 1.32. The molecule has 2 rings (SSSR count). The van der Waals surface area contributed by atoms with Gasteiger partial charge >= 0.3 is 5.97 Å². The van der Waals surface area contributed by atoms with E-state index >= 15 is 0 Å². The van der Waals surface area contributed by atoms with Crippen LogP contribution in [-0.2, 0) is 15.3 Å². The largest absolute Gasteiger partial charge is 0.468 e. The zero-order valence-electron chi connectivity index (χ0n) is 10.9. The third-order valence-electron chi connectivity index (χ3n) is 2.51. The van der Waals surface area contributed by atoms with E-state index in [9.17, 15) is 4.79 Å². The van der Waals surface area contributed by atoms with Crippen molar-refractivity contribution < 1.29 is 18.5 Å². The van der Waals surface area contributed by atoms with Gasteiger partial charge in [0.1, 0.15) is 6.04 Å². The number of aromatic nitrogens is 2. The SMILES string of the molecule is COC(=O)C(N)CCSCc1noc(-c2ccco2)n1. The first-order chi connectivity index (χ1) is 9.70. The molecule has 2 heterocycles. The standard InChI is InChI=1S/C12H15N3O4S/c1-17-12(16)8(13)4-6-20-7-10-14-11(19-15-10)9-3-2-5-18-9/h2-3,5,8H,4,6-7,13H2,1H3. The van der Waals surface area contributed by atoms with Crippen LogP contribution in [0.25, 0.3) is 11.7 Å². The molecule has 1 atom stereocenters. The van der Waals surface area contributed by atoms with Gasteiger partial charge in [0, 0.05) is 0 Å². The highest BCUT2D eigenvalue weighted by Crippen LogP contribution is 2.19. The van der Waals surface area contributed by atoms with E-state index in [4.69, 9.17) is 14.7 Å². The summed E-state index contributed by atoms with van der Waals surface area (Å²) in [6.07, 6.45) is 2.09. The minimum Gasteiger partial charge on any atom is -0.468 e. The van der Waals surface area contributed by atoms with Crippen LogP contribution in [-0.4, -0.2) is 35.0 Å². The molecule has 0 bridgehead atoms. The van der Waals surface area contributed by atoms with E-state index in [-0.39, 0.29) is 0 Å². The molecule has 0 saturated carbocycles. The maximum absolute atomic E-state index is 11.1. The summed E-state index contributed by atoms with van der Waals surface area (Å²) >= 11 is 1.57. The van der Waals surface area contributed by atoms with Crippen LogP contribution in [0, 0.1) is 0 Å². The molecule has 2 aromatic rings. The van der Waals surface area contributed by atoms with Gasteiger partial charge in [-0.25, -0.2) is 0 Å². The zero-order valence-corrected chi connectivity index (χ0v) is 11.8. The molecule has 2 aromatic heterocycles. The molecule has 7 nitrogen and oxygen atoms in total. The fourth-order valence-corrected chi connectivity index (χ4v) is 2.32. The first kappa shape index (κ1) is 14.6. The van der Waals surface area contributed by atoms with Crippen molar-refractivity contribution in [3.63, 3.8) is 0 Å². The number of hydrogen-bond acceptors (Lipinski definition) is 8. The smallest absolute Gasteiger partial charge is 0.322 e. The van der Waals surface area contributed by atoms with Crippen LogP contribution in [0.3, 0.4) is 0 Å². The van der Waals surface area contributed by atoms with Gasteiger partial charge in [-0.2, -0.15) is 16.7 Å². The van der Waals surface area contributed by atoms with Crippen molar-refractivity contribution in [2.24, 2.45) is 5.73 Å². The molecule has 8 heteroatoms. The number of hydrogen-bond donors (Lipinski definition) is 1. The van der Waals surface area contributed by atoms with Crippen LogP contribution in [0.2, 0.25) is 0 Å². The van der Waals surface area contributed by atoms with Gasteiger partial charge in [0.25, 0.3) is 5.89 Å². The number of nitrogens with two attached hydrogens (primary N) is 1. The molecule has 0 amide bonds. The lowest BCUT2D eigenvalue weighted by molar-refractivity contribution is -0.142. The molecule has 20 heavy (non-hydrogen) atoms. The van der Waals surface area contributed by atoms with E-state index in [1.165, 1.54) is 7.11 Å². The lowest BCUT2D eigenvalue weighted by atomic mass is 10.2. The molecule has 0 aliphatic carbocycles. The van der Waals surface area contributed by atoms with Gasteiger partial charge in [-0.15, -0.1) is 0 Å². The van der Waals surface area contributed by atoms with Gasteiger partial charge < -0.3 is 19.4 Å². The average Bonchev–Trinajstić information content (AvgIpc) is 3.12. The van der Waals surface area contributed by atoms with Crippen LogP contribution in [0.4, 0.5) is 0 Å². The molecule has 0 fully saturated rings. The molecule has 108 valence electrons. The van der Waals surface area contributed by atoms with Crippen molar-refractivity contribution in [2.45, 2.75) is 18.2 Å². The van der Waals surface area contributed by atoms with Crippen LogP contribution < -0.4 is 5.73 Å². The Balaban J connectivity index is 1.74. The Hall–Kier alpha value is -1.80. The highest BCUT2D eigenvalue weighted by Gasteiger charge is 2.14. The molecule has 0 aromatic carbocycles. The van der Waals surface area contributed by atoms with Gasteiger partial charge in [-0.3, -0.25) is 4.79 Å². The predicted molar refractivity (Wildman–Crippen MR) is 72.8 cm³/mol. The van der Waals surface area contributed by atoms with E-state index < -0.39 is 12.0 Å². The van der Waals surface area contributed by atoms with Crippen LogP contribution >= 0.6 is 11.8 Å². The summed E-state index contributed by atoms with van der Waals surface area (Å²) in [6, 6.07) is 2.92. The Kier molecular flexibility index (Phi) is 5.19. The predicted octanol–water partition coefficient (Wildman–Crippen LogP) is 1.45. The number of esters is 1. The molecule has 1 unspecified atom stereocenters. The molecule has 0 aliphatic heterocycles. The van der Waals surface area contributed by atoms with Crippen LogP contribution in [0.15, 0.2) is 27.3 Å². The van der Waals surface area contributed by atoms with E-state index in [1.54, 1.807) is 30.2 Å². The number of methoxy groups -OCH3 is 1. The minimum atomic E-state index is -0.587. The molecular weight excluding hydrogens is 282 g/mol. The fourth-order valence-electron chi connectivity index (χ4n) is 1.46. The minimum absolute atomic E-state index is 0.358. The van der Waals surface area contributed by atoms with E-state index in [1.807, 2.05) is 0 Å². The number of rotatable bonds is 7. The summed E-state index contributed by atoms with van der Waals surface area (Å²) in [6.45, 7) is 0. The van der Waals surface area contributed by atoms with Gasteiger partial charge in [-0.05, 0) is 24.3 Å². The molecule has 0 radical (unpaired) electrons. The molecule has 0 aliphatic rings. The monoisotopic (exact) mass is 297 g/mol. The quantitative estimate of drug-likeness (QED) is 0.605. The lowest BCUT2D eigenvalue weighted by Crippen LogP contribution is -2.31. The summed E-state index contributed by atoms with van der Waals surface area (Å²) < 4.78 is 14.8. The van der Waals surface area contributed by atoms with Gasteiger partial charge in [0.2, 0.25) is 0 Å². The number of ether oxygens (including phenoxy) is 1. The third-order valence-corrected chi connectivity index (χ3v) is 3.50. The van der Waals surface area contributed by atoms with Crippen LogP contribution in [0.5, 0.6) is 0 Å². The Morgan fingerprint density at radius 2 is 2.45 bits per heavy atom. The maximum Gasteiger partial charge on any atom is 0.322 e. The van der Waals surface area contributed by atoms with E-state index in [0.717, 1.165) is 0 Å². The summed E-state index contributed by atoms with van der Waals surface area (Å²) in [5.74, 6) is 2.37. The van der Waals surface area contributed by atoms with Crippen LogP contribution in [0.1, 0.15) is 12.2 Å². The van der Waals surface area contributed by atoms with Crippen molar-refractivity contribution in [1.82, 2.24) is 10.1 Å². The Labute approximate surface area is 119 Å². The Morgan fingerprint density at radius 3 is 3.15 bits per heavy atom. The summed E-state index contributed by atoms with van der Waals surface area (Å²) in [4.78, 5) is 15.3. The number of furan rings is 1. The number of thioether (sulfide) groups is 1. The highest BCUT2D eigenvalue weighted by atomic mass is 32.2. The molecule has 0 saturated heterocycles. The van der Waals surface area contributed by atoms with Crippen molar-refractivity contribution >= 4 is 17.7 Å². The molecule has 2 N–H and O–H groups in total. The first-order valence-electron chi connectivity index (χ1n) is 5.98. The second kappa shape index (κ2) is 7.11. The zero-order chi connectivity index (χ0) is 14.4. The lowest BCUT2D eigenvalue weighted by Gasteiger charge is -2.07. The van der Waals surface area contributed by atoms with Crippen molar-refractivity contribution in [3.8, 4) is 11.7 Å². The average molecular weight is 297 g/mol. The highest BCUT2D eigenvalue weighted by molar-refractivity contribution is 7.98.